The van der Waals surface area contributed by atoms with Gasteiger partial charge in [0.15, 0.2) is 0 Å². The Labute approximate surface area is 127 Å². The highest BCUT2D eigenvalue weighted by atomic mass is 79.9. The van der Waals surface area contributed by atoms with Crippen molar-refractivity contribution in [1.82, 2.24) is 10.3 Å². The normalized spacial score (nSPS) is 12.3. The van der Waals surface area contributed by atoms with E-state index in [0.29, 0.717) is 4.47 Å². The maximum Gasteiger partial charge on any atom is 0.137 e. The van der Waals surface area contributed by atoms with Gasteiger partial charge in [-0.15, -0.1) is 0 Å². The van der Waals surface area contributed by atoms with Gasteiger partial charge in [-0.25, -0.2) is 4.39 Å². The van der Waals surface area contributed by atoms with E-state index in [1.54, 1.807) is 12.3 Å². The first-order valence-corrected chi connectivity index (χ1v) is 7.55. The molecule has 1 N–H and O–H groups in total. The van der Waals surface area contributed by atoms with Crippen LogP contribution in [-0.4, -0.2) is 17.6 Å². The Morgan fingerprint density at radius 3 is 2.80 bits per heavy atom. The molecule has 1 unspecified atom stereocenters. The summed E-state index contributed by atoms with van der Waals surface area (Å²) in [6, 6.07) is 9.46. The summed E-state index contributed by atoms with van der Waals surface area (Å²) in [4.78, 5) is 4.14. The number of aromatic nitrogens is 1. The molecular formula is C16H18BrFN2. The van der Waals surface area contributed by atoms with Crippen LogP contribution in [-0.2, 0) is 12.8 Å². The average molecular weight is 337 g/mol. The van der Waals surface area contributed by atoms with E-state index in [1.807, 2.05) is 18.3 Å². The van der Waals surface area contributed by atoms with Crippen LogP contribution in [0.15, 0.2) is 47.2 Å². The van der Waals surface area contributed by atoms with Crippen molar-refractivity contribution in [2.24, 2.45) is 0 Å². The highest BCUT2D eigenvalue weighted by Gasteiger charge is 2.13. The number of pyridine rings is 1. The first kappa shape index (κ1) is 15.1. The summed E-state index contributed by atoms with van der Waals surface area (Å²) in [7, 11) is 0. The van der Waals surface area contributed by atoms with E-state index in [1.165, 1.54) is 11.6 Å². The lowest BCUT2D eigenvalue weighted by Gasteiger charge is -2.19. The third kappa shape index (κ3) is 4.12. The van der Waals surface area contributed by atoms with Crippen LogP contribution in [0.4, 0.5) is 4.39 Å². The molecule has 1 heterocycles. The molecule has 1 aromatic heterocycles. The zero-order valence-electron chi connectivity index (χ0n) is 11.4. The molecule has 1 atom stereocenters. The number of benzene rings is 1. The summed E-state index contributed by atoms with van der Waals surface area (Å²) in [5.74, 6) is -0.209. The Hall–Kier alpha value is -1.26. The van der Waals surface area contributed by atoms with Crippen molar-refractivity contribution in [2.45, 2.75) is 25.8 Å². The predicted octanol–water partition coefficient (Wildman–Crippen LogP) is 3.75. The van der Waals surface area contributed by atoms with E-state index in [4.69, 9.17) is 0 Å². The minimum absolute atomic E-state index is 0.209. The summed E-state index contributed by atoms with van der Waals surface area (Å²) in [5, 5.41) is 3.46. The first-order chi connectivity index (χ1) is 9.70. The third-order valence-electron chi connectivity index (χ3n) is 3.20. The quantitative estimate of drug-likeness (QED) is 0.868. The fraction of sp³-hybridized carbons (Fsp3) is 0.312. The number of hydrogen-bond acceptors (Lipinski definition) is 2. The van der Waals surface area contributed by atoms with Gasteiger partial charge in [0.2, 0.25) is 0 Å². The molecular weight excluding hydrogens is 319 g/mol. The average Bonchev–Trinajstić information content (AvgIpc) is 2.45. The SMILES string of the molecule is CCNC(Cc1cccnc1)Cc1cccc(F)c1Br. The zero-order chi connectivity index (χ0) is 14.4. The van der Waals surface area contributed by atoms with E-state index in [9.17, 15) is 4.39 Å². The van der Waals surface area contributed by atoms with E-state index in [-0.39, 0.29) is 11.9 Å². The van der Waals surface area contributed by atoms with Gasteiger partial charge < -0.3 is 5.32 Å². The van der Waals surface area contributed by atoms with Crippen LogP contribution in [0.5, 0.6) is 0 Å². The molecule has 1 aromatic carbocycles. The first-order valence-electron chi connectivity index (χ1n) is 6.76. The lowest BCUT2D eigenvalue weighted by Crippen LogP contribution is -2.33. The Kier molecular flexibility index (Phi) is 5.68. The Morgan fingerprint density at radius 2 is 2.10 bits per heavy atom. The van der Waals surface area contributed by atoms with Crippen molar-refractivity contribution >= 4 is 15.9 Å². The molecule has 20 heavy (non-hydrogen) atoms. The topological polar surface area (TPSA) is 24.9 Å². The predicted molar refractivity (Wildman–Crippen MR) is 83.2 cm³/mol. The molecule has 2 rings (SSSR count). The van der Waals surface area contributed by atoms with Gasteiger partial charge in [0, 0.05) is 18.4 Å². The van der Waals surface area contributed by atoms with Gasteiger partial charge in [0.25, 0.3) is 0 Å². The van der Waals surface area contributed by atoms with Gasteiger partial charge in [-0.05, 0) is 58.6 Å². The van der Waals surface area contributed by atoms with Crippen molar-refractivity contribution in [3.8, 4) is 0 Å². The largest absolute Gasteiger partial charge is 0.314 e. The molecule has 2 nitrogen and oxygen atoms in total. The summed E-state index contributed by atoms with van der Waals surface area (Å²) in [5.41, 5.74) is 2.17. The van der Waals surface area contributed by atoms with Crippen LogP contribution in [0.25, 0.3) is 0 Å². The number of hydrogen-bond donors (Lipinski definition) is 1. The molecule has 0 amide bonds. The number of halogens is 2. The molecule has 0 spiro atoms. The number of nitrogens with zero attached hydrogens (tertiary/aromatic N) is 1. The number of rotatable bonds is 6. The standard InChI is InChI=1S/C16H18BrFN2/c1-2-20-14(9-12-5-4-8-19-11-12)10-13-6-3-7-15(18)16(13)17/h3-8,11,14,20H,2,9-10H2,1H3. The van der Waals surface area contributed by atoms with E-state index < -0.39 is 0 Å². The lowest BCUT2D eigenvalue weighted by atomic mass is 10.00. The zero-order valence-corrected chi connectivity index (χ0v) is 13.0. The van der Waals surface area contributed by atoms with Crippen molar-refractivity contribution in [1.29, 1.82) is 0 Å². The summed E-state index contributed by atoms with van der Waals surface area (Å²) < 4.78 is 14.1. The Morgan fingerprint density at radius 1 is 1.25 bits per heavy atom. The molecule has 0 aliphatic rings. The molecule has 106 valence electrons. The van der Waals surface area contributed by atoms with Crippen LogP contribution in [0.2, 0.25) is 0 Å². The second-order valence-corrected chi connectivity index (χ2v) is 5.53. The second-order valence-electron chi connectivity index (χ2n) is 4.74. The van der Waals surface area contributed by atoms with E-state index in [2.05, 4.69) is 39.2 Å². The van der Waals surface area contributed by atoms with Crippen LogP contribution < -0.4 is 5.32 Å². The van der Waals surface area contributed by atoms with Crippen LogP contribution in [0, 0.1) is 5.82 Å². The molecule has 0 radical (unpaired) electrons. The van der Waals surface area contributed by atoms with Gasteiger partial charge in [0.1, 0.15) is 5.82 Å². The van der Waals surface area contributed by atoms with E-state index >= 15 is 0 Å². The Bertz CT molecular complexity index is 545. The maximum absolute atomic E-state index is 13.6. The maximum atomic E-state index is 13.6. The molecule has 4 heteroatoms. The molecule has 0 aliphatic heterocycles. The molecule has 0 aliphatic carbocycles. The van der Waals surface area contributed by atoms with Crippen molar-refractivity contribution in [2.75, 3.05) is 6.54 Å². The lowest BCUT2D eigenvalue weighted by molar-refractivity contribution is 0.517. The van der Waals surface area contributed by atoms with Crippen LogP contribution >= 0.6 is 15.9 Å². The van der Waals surface area contributed by atoms with Crippen molar-refractivity contribution in [3.05, 3.63) is 64.1 Å². The van der Waals surface area contributed by atoms with Crippen LogP contribution in [0.1, 0.15) is 18.1 Å². The van der Waals surface area contributed by atoms with Crippen LogP contribution in [0.3, 0.4) is 0 Å². The fourth-order valence-electron chi connectivity index (χ4n) is 2.28. The fourth-order valence-corrected chi connectivity index (χ4v) is 2.71. The minimum atomic E-state index is -0.209. The monoisotopic (exact) mass is 336 g/mol. The Balaban J connectivity index is 2.11. The number of likely N-dealkylation sites (N-methyl/N-ethyl adjacent to an activating group) is 1. The van der Waals surface area contributed by atoms with Gasteiger partial charge in [0.05, 0.1) is 4.47 Å². The molecule has 0 saturated carbocycles. The smallest absolute Gasteiger partial charge is 0.137 e. The van der Waals surface area contributed by atoms with Crippen molar-refractivity contribution in [3.63, 3.8) is 0 Å². The van der Waals surface area contributed by atoms with Gasteiger partial charge in [-0.1, -0.05) is 25.1 Å². The highest BCUT2D eigenvalue weighted by Crippen LogP contribution is 2.22. The minimum Gasteiger partial charge on any atom is -0.314 e. The van der Waals surface area contributed by atoms with Gasteiger partial charge >= 0.3 is 0 Å². The summed E-state index contributed by atoms with van der Waals surface area (Å²) >= 11 is 3.33. The molecule has 0 saturated heterocycles. The summed E-state index contributed by atoms with van der Waals surface area (Å²) in [6.45, 7) is 2.97. The second kappa shape index (κ2) is 7.50. The van der Waals surface area contributed by atoms with Gasteiger partial charge in [-0.2, -0.15) is 0 Å². The molecule has 0 bridgehead atoms. The third-order valence-corrected chi connectivity index (χ3v) is 4.08. The highest BCUT2D eigenvalue weighted by molar-refractivity contribution is 9.10. The van der Waals surface area contributed by atoms with Gasteiger partial charge in [-0.3, -0.25) is 4.98 Å². The molecule has 2 aromatic rings. The van der Waals surface area contributed by atoms with Crippen molar-refractivity contribution < 1.29 is 4.39 Å². The molecule has 0 fully saturated rings. The van der Waals surface area contributed by atoms with E-state index in [0.717, 1.165) is 24.9 Å². The number of nitrogens with one attached hydrogen (secondary N) is 1. The summed E-state index contributed by atoms with van der Waals surface area (Å²) in [6.07, 6.45) is 5.31.